The molecule has 0 radical (unpaired) electrons. The summed E-state index contributed by atoms with van der Waals surface area (Å²) >= 11 is 2.79. The molecular formula is C23H26N2O3S2. The predicted octanol–water partition coefficient (Wildman–Crippen LogP) is 3.03. The molecule has 0 saturated carbocycles. The van der Waals surface area contributed by atoms with Crippen molar-refractivity contribution in [2.45, 2.75) is 41.2 Å². The Bertz CT molecular complexity index is 1280. The SMILES string of the molecule is Cc1cc(C(=O)Cn2c(=CC(=O)C(C)(C)C)sc(=Cc3ccsc3)c2=O)c(C)n1C. The van der Waals surface area contributed by atoms with Gasteiger partial charge in [-0.05, 0) is 48.4 Å². The van der Waals surface area contributed by atoms with Gasteiger partial charge in [0.25, 0.3) is 5.56 Å². The lowest BCUT2D eigenvalue weighted by Crippen LogP contribution is -2.35. The molecule has 0 fully saturated rings. The second-order valence-corrected chi connectivity index (χ2v) is 10.3. The molecule has 0 amide bonds. The summed E-state index contributed by atoms with van der Waals surface area (Å²) in [5.74, 6) is -0.227. The van der Waals surface area contributed by atoms with E-state index in [-0.39, 0.29) is 23.7 Å². The third-order valence-corrected chi connectivity index (χ3v) is 6.91. The minimum Gasteiger partial charge on any atom is -0.351 e. The molecule has 0 aliphatic carbocycles. The number of rotatable bonds is 5. The van der Waals surface area contributed by atoms with Gasteiger partial charge in [-0.1, -0.05) is 20.8 Å². The van der Waals surface area contributed by atoms with Gasteiger partial charge in [-0.25, -0.2) is 0 Å². The Kier molecular flexibility index (Phi) is 6.15. The zero-order chi connectivity index (χ0) is 22.2. The van der Waals surface area contributed by atoms with E-state index in [1.54, 1.807) is 17.4 Å². The highest BCUT2D eigenvalue weighted by molar-refractivity contribution is 7.08. The molecule has 0 spiro atoms. The molecule has 0 bridgehead atoms. The number of aromatic nitrogens is 2. The first-order chi connectivity index (χ1) is 14.0. The first kappa shape index (κ1) is 22.2. The van der Waals surface area contributed by atoms with E-state index in [0.29, 0.717) is 14.8 Å². The monoisotopic (exact) mass is 442 g/mol. The zero-order valence-electron chi connectivity index (χ0n) is 18.1. The van der Waals surface area contributed by atoms with Crippen molar-refractivity contribution in [3.63, 3.8) is 0 Å². The minimum atomic E-state index is -0.570. The molecule has 3 rings (SSSR count). The third kappa shape index (κ3) is 4.47. The Balaban J connectivity index is 2.14. The minimum absolute atomic E-state index is 0.0845. The fraction of sp³-hybridized carbons (Fsp3) is 0.348. The van der Waals surface area contributed by atoms with Gasteiger partial charge in [-0.3, -0.25) is 19.0 Å². The number of carbonyl (C=O) groups is 2. The third-order valence-electron chi connectivity index (χ3n) is 5.15. The van der Waals surface area contributed by atoms with Crippen LogP contribution in [0, 0.1) is 19.3 Å². The summed E-state index contributed by atoms with van der Waals surface area (Å²) in [6.07, 6.45) is 3.30. The number of thiophene rings is 1. The summed E-state index contributed by atoms with van der Waals surface area (Å²) in [7, 11) is 1.91. The fourth-order valence-electron chi connectivity index (χ4n) is 3.00. The van der Waals surface area contributed by atoms with Gasteiger partial charge in [-0.15, -0.1) is 11.3 Å². The summed E-state index contributed by atoms with van der Waals surface area (Å²) in [4.78, 5) is 38.8. The molecule has 0 N–H and O–H groups in total. The molecule has 0 aromatic carbocycles. The van der Waals surface area contributed by atoms with Crippen molar-refractivity contribution in [2.24, 2.45) is 12.5 Å². The van der Waals surface area contributed by atoms with Crippen LogP contribution in [0.5, 0.6) is 0 Å². The summed E-state index contributed by atoms with van der Waals surface area (Å²) in [6.45, 7) is 9.24. The number of carbonyl (C=O) groups excluding carboxylic acids is 2. The van der Waals surface area contributed by atoms with E-state index in [4.69, 9.17) is 0 Å². The predicted molar refractivity (Wildman–Crippen MR) is 124 cm³/mol. The van der Waals surface area contributed by atoms with Gasteiger partial charge in [0.2, 0.25) is 0 Å². The highest BCUT2D eigenvalue weighted by atomic mass is 32.1. The van der Waals surface area contributed by atoms with Crippen LogP contribution >= 0.6 is 22.7 Å². The zero-order valence-corrected chi connectivity index (χ0v) is 19.7. The second-order valence-electron chi connectivity index (χ2n) is 8.42. The van der Waals surface area contributed by atoms with Crippen molar-refractivity contribution in [1.82, 2.24) is 9.13 Å². The van der Waals surface area contributed by atoms with Crippen molar-refractivity contribution in [2.75, 3.05) is 0 Å². The molecule has 158 valence electrons. The standard InChI is InChI=1S/C23H26N2O3S2/c1-14-9-17(15(2)24(14)6)18(26)12-25-21(11-20(27)23(3,4)5)30-19(22(25)28)10-16-7-8-29-13-16/h7-11,13H,12H2,1-6H3. The van der Waals surface area contributed by atoms with E-state index in [1.165, 1.54) is 22.0 Å². The Morgan fingerprint density at radius 3 is 2.43 bits per heavy atom. The van der Waals surface area contributed by atoms with Gasteiger partial charge >= 0.3 is 0 Å². The lowest BCUT2D eigenvalue weighted by molar-refractivity contribution is -0.120. The molecule has 0 aliphatic heterocycles. The van der Waals surface area contributed by atoms with Crippen molar-refractivity contribution in [3.05, 3.63) is 65.0 Å². The van der Waals surface area contributed by atoms with Crippen LogP contribution in [0.15, 0.2) is 27.7 Å². The Labute approximate surface area is 183 Å². The van der Waals surface area contributed by atoms with Crippen LogP contribution < -0.4 is 14.8 Å². The van der Waals surface area contributed by atoms with Gasteiger partial charge in [0.15, 0.2) is 11.6 Å². The Morgan fingerprint density at radius 1 is 1.20 bits per heavy atom. The lowest BCUT2D eigenvalue weighted by atomic mass is 9.91. The van der Waals surface area contributed by atoms with Gasteiger partial charge in [-0.2, -0.15) is 11.3 Å². The van der Waals surface area contributed by atoms with Crippen molar-refractivity contribution >= 4 is 46.4 Å². The van der Waals surface area contributed by atoms with Gasteiger partial charge in [0.1, 0.15) is 4.66 Å². The normalized spacial score (nSPS) is 13.3. The maximum absolute atomic E-state index is 13.1. The Morgan fingerprint density at radius 2 is 1.90 bits per heavy atom. The number of thiazole rings is 1. The average molecular weight is 443 g/mol. The van der Waals surface area contributed by atoms with E-state index < -0.39 is 5.41 Å². The molecule has 5 nitrogen and oxygen atoms in total. The topological polar surface area (TPSA) is 61.1 Å². The van der Waals surface area contributed by atoms with Crippen LogP contribution in [0.1, 0.15) is 48.1 Å². The van der Waals surface area contributed by atoms with Crippen LogP contribution in [0.25, 0.3) is 12.2 Å². The smallest absolute Gasteiger partial charge is 0.269 e. The summed E-state index contributed by atoms with van der Waals surface area (Å²) in [5.41, 5.74) is 2.55. The van der Waals surface area contributed by atoms with Crippen LogP contribution in [-0.2, 0) is 18.4 Å². The summed E-state index contributed by atoms with van der Waals surface area (Å²) in [6, 6.07) is 3.77. The van der Waals surface area contributed by atoms with Gasteiger partial charge in [0.05, 0.1) is 11.1 Å². The quantitative estimate of drug-likeness (QED) is 0.571. The number of aryl methyl sites for hydroxylation is 1. The highest BCUT2D eigenvalue weighted by Gasteiger charge is 2.21. The van der Waals surface area contributed by atoms with Crippen molar-refractivity contribution in [3.8, 4) is 0 Å². The second kappa shape index (κ2) is 8.32. The van der Waals surface area contributed by atoms with Gasteiger partial charge in [0, 0.05) is 35.5 Å². The molecular weight excluding hydrogens is 416 g/mol. The van der Waals surface area contributed by atoms with E-state index in [9.17, 15) is 14.4 Å². The first-order valence-corrected chi connectivity index (χ1v) is 11.4. The lowest BCUT2D eigenvalue weighted by Gasteiger charge is -2.12. The molecule has 0 unspecified atom stereocenters. The number of ketones is 2. The molecule has 0 atom stereocenters. The van der Waals surface area contributed by atoms with Crippen molar-refractivity contribution < 1.29 is 9.59 Å². The average Bonchev–Trinajstić information content (AvgIpc) is 3.34. The van der Waals surface area contributed by atoms with Crippen LogP contribution in [0.3, 0.4) is 0 Å². The largest absolute Gasteiger partial charge is 0.351 e. The van der Waals surface area contributed by atoms with Crippen LogP contribution in [0.2, 0.25) is 0 Å². The molecule has 0 aliphatic rings. The molecule has 3 heterocycles. The van der Waals surface area contributed by atoms with E-state index in [1.807, 2.05) is 69.1 Å². The van der Waals surface area contributed by atoms with Crippen molar-refractivity contribution in [1.29, 1.82) is 0 Å². The fourth-order valence-corrected chi connectivity index (χ4v) is 4.66. The first-order valence-electron chi connectivity index (χ1n) is 9.65. The van der Waals surface area contributed by atoms with Gasteiger partial charge < -0.3 is 4.57 Å². The van der Waals surface area contributed by atoms with E-state index in [2.05, 4.69) is 0 Å². The van der Waals surface area contributed by atoms with E-state index >= 15 is 0 Å². The number of hydrogen-bond acceptors (Lipinski definition) is 5. The Hall–Kier alpha value is -2.51. The van der Waals surface area contributed by atoms with Crippen LogP contribution in [0.4, 0.5) is 0 Å². The van der Waals surface area contributed by atoms with Crippen LogP contribution in [-0.4, -0.2) is 20.7 Å². The van der Waals surface area contributed by atoms with E-state index in [0.717, 1.165) is 17.0 Å². The molecule has 3 aromatic heterocycles. The summed E-state index contributed by atoms with van der Waals surface area (Å²) < 4.78 is 4.39. The maximum atomic E-state index is 13.1. The molecule has 7 heteroatoms. The number of Topliss-reactive ketones (excluding diaryl/α,β-unsaturated/α-hetero) is 2. The molecule has 3 aromatic rings. The molecule has 30 heavy (non-hydrogen) atoms. The number of hydrogen-bond donors (Lipinski definition) is 0. The molecule has 0 saturated heterocycles. The summed E-state index contributed by atoms with van der Waals surface area (Å²) in [5, 5.41) is 3.90. The highest BCUT2D eigenvalue weighted by Crippen LogP contribution is 2.16. The number of nitrogens with zero attached hydrogens (tertiary/aromatic N) is 2. The maximum Gasteiger partial charge on any atom is 0.269 e.